The van der Waals surface area contributed by atoms with E-state index in [0.29, 0.717) is 34.1 Å². The van der Waals surface area contributed by atoms with Gasteiger partial charge in [0.05, 0.1) is 12.0 Å². The summed E-state index contributed by atoms with van der Waals surface area (Å²) in [5.41, 5.74) is 0.829. The van der Waals surface area contributed by atoms with Crippen molar-refractivity contribution < 1.29 is 8.83 Å². The Hall–Kier alpha value is -2.58. The molecule has 26 heavy (non-hydrogen) atoms. The maximum absolute atomic E-state index is 5.90. The van der Waals surface area contributed by atoms with Gasteiger partial charge in [-0.25, -0.2) is 0 Å². The highest BCUT2D eigenvalue weighted by atomic mass is 35.5. The Morgan fingerprint density at radius 1 is 1.08 bits per heavy atom. The van der Waals surface area contributed by atoms with Crippen LogP contribution in [-0.2, 0) is 12.3 Å². The van der Waals surface area contributed by atoms with Crippen LogP contribution >= 0.6 is 23.4 Å². The lowest BCUT2D eigenvalue weighted by molar-refractivity contribution is 0.528. The summed E-state index contributed by atoms with van der Waals surface area (Å²) in [5.74, 6) is 2.87. The predicted octanol–water partition coefficient (Wildman–Crippen LogP) is 4.55. The molecule has 7 nitrogen and oxygen atoms in total. The van der Waals surface area contributed by atoms with Crippen LogP contribution in [0.2, 0.25) is 5.02 Å². The van der Waals surface area contributed by atoms with E-state index in [1.54, 1.807) is 18.4 Å². The van der Waals surface area contributed by atoms with Gasteiger partial charge >= 0.3 is 0 Å². The Labute approximate surface area is 158 Å². The van der Waals surface area contributed by atoms with Crippen LogP contribution in [0.1, 0.15) is 12.8 Å². The SMILES string of the molecule is CCn1c(SCc2nnc(-c3ccc(Cl)cc3)o2)nnc1-c1ccco1. The van der Waals surface area contributed by atoms with E-state index in [2.05, 4.69) is 20.4 Å². The fourth-order valence-corrected chi connectivity index (χ4v) is 3.38. The minimum atomic E-state index is 0.463. The smallest absolute Gasteiger partial charge is 0.247 e. The molecule has 0 aliphatic heterocycles. The molecule has 0 radical (unpaired) electrons. The predicted molar refractivity (Wildman–Crippen MR) is 97.7 cm³/mol. The van der Waals surface area contributed by atoms with Crippen LogP contribution in [0.15, 0.2) is 56.7 Å². The van der Waals surface area contributed by atoms with Gasteiger partial charge < -0.3 is 8.83 Å². The molecule has 3 aromatic heterocycles. The lowest BCUT2D eigenvalue weighted by Crippen LogP contribution is -1.99. The molecule has 0 spiro atoms. The Morgan fingerprint density at radius 3 is 2.65 bits per heavy atom. The second kappa shape index (κ2) is 7.35. The number of hydrogen-bond acceptors (Lipinski definition) is 7. The van der Waals surface area contributed by atoms with Gasteiger partial charge in [-0.15, -0.1) is 20.4 Å². The summed E-state index contributed by atoms with van der Waals surface area (Å²) in [4.78, 5) is 0. The lowest BCUT2D eigenvalue weighted by atomic mass is 10.2. The monoisotopic (exact) mass is 387 g/mol. The fourth-order valence-electron chi connectivity index (χ4n) is 2.42. The van der Waals surface area contributed by atoms with Crippen molar-refractivity contribution in [2.24, 2.45) is 0 Å². The van der Waals surface area contributed by atoms with Crippen molar-refractivity contribution >= 4 is 23.4 Å². The van der Waals surface area contributed by atoms with Crippen molar-refractivity contribution in [2.45, 2.75) is 24.4 Å². The standard InChI is InChI=1S/C17H14ClN5O2S/c1-2-23-15(13-4-3-9-24-13)20-22-17(23)26-10-14-19-21-16(25-14)11-5-7-12(18)8-6-11/h3-9H,2,10H2,1H3. The van der Waals surface area contributed by atoms with Crippen molar-refractivity contribution in [3.8, 4) is 23.0 Å². The van der Waals surface area contributed by atoms with E-state index in [4.69, 9.17) is 20.4 Å². The van der Waals surface area contributed by atoms with Crippen molar-refractivity contribution in [1.82, 2.24) is 25.0 Å². The second-order valence-corrected chi connectivity index (χ2v) is 6.70. The first-order chi connectivity index (χ1) is 12.7. The highest BCUT2D eigenvalue weighted by molar-refractivity contribution is 7.98. The number of halogens is 1. The number of thioether (sulfide) groups is 1. The van der Waals surface area contributed by atoms with Gasteiger partial charge in [0.2, 0.25) is 11.8 Å². The number of aromatic nitrogens is 5. The Bertz CT molecular complexity index is 995. The highest BCUT2D eigenvalue weighted by Crippen LogP contribution is 2.27. The second-order valence-electron chi connectivity index (χ2n) is 5.32. The van der Waals surface area contributed by atoms with Crippen molar-refractivity contribution in [2.75, 3.05) is 0 Å². The lowest BCUT2D eigenvalue weighted by Gasteiger charge is -2.04. The number of hydrogen-bond donors (Lipinski definition) is 0. The summed E-state index contributed by atoms with van der Waals surface area (Å²) < 4.78 is 13.1. The summed E-state index contributed by atoms with van der Waals surface area (Å²) in [5, 5.41) is 18.1. The van der Waals surface area contributed by atoms with Gasteiger partial charge in [-0.2, -0.15) is 0 Å². The molecule has 0 aliphatic carbocycles. The molecule has 9 heteroatoms. The molecular weight excluding hydrogens is 374 g/mol. The van der Waals surface area contributed by atoms with E-state index < -0.39 is 0 Å². The van der Waals surface area contributed by atoms with Gasteiger partial charge in [0.15, 0.2) is 16.7 Å². The highest BCUT2D eigenvalue weighted by Gasteiger charge is 2.16. The molecule has 0 saturated heterocycles. The maximum atomic E-state index is 5.90. The fraction of sp³-hybridized carbons (Fsp3) is 0.176. The van der Waals surface area contributed by atoms with Crippen LogP contribution in [0.5, 0.6) is 0 Å². The quantitative estimate of drug-likeness (QED) is 0.448. The molecule has 3 heterocycles. The van der Waals surface area contributed by atoms with E-state index in [9.17, 15) is 0 Å². The zero-order chi connectivity index (χ0) is 17.9. The summed E-state index contributed by atoms with van der Waals surface area (Å²) in [6, 6.07) is 11.0. The number of rotatable bonds is 6. The average Bonchev–Trinajstić information content (AvgIpc) is 3.40. The van der Waals surface area contributed by atoms with E-state index in [0.717, 1.165) is 17.3 Å². The molecule has 0 aliphatic rings. The third kappa shape index (κ3) is 3.38. The molecule has 4 rings (SSSR count). The molecule has 1 aromatic carbocycles. The van der Waals surface area contributed by atoms with Gasteiger partial charge in [-0.05, 0) is 43.3 Å². The van der Waals surface area contributed by atoms with Gasteiger partial charge in [0, 0.05) is 17.1 Å². The number of benzene rings is 1. The third-order valence-electron chi connectivity index (χ3n) is 3.66. The Balaban J connectivity index is 1.49. The Kier molecular flexibility index (Phi) is 4.77. The van der Waals surface area contributed by atoms with E-state index in [1.807, 2.05) is 35.8 Å². The van der Waals surface area contributed by atoms with Crippen LogP contribution in [0.3, 0.4) is 0 Å². The van der Waals surface area contributed by atoms with Gasteiger partial charge in [-0.3, -0.25) is 4.57 Å². The summed E-state index contributed by atoms with van der Waals surface area (Å²) in [6.07, 6.45) is 1.62. The Morgan fingerprint density at radius 2 is 1.92 bits per heavy atom. The zero-order valence-corrected chi connectivity index (χ0v) is 15.4. The molecule has 0 atom stereocenters. The first-order valence-electron chi connectivity index (χ1n) is 7.93. The summed E-state index contributed by atoms with van der Waals surface area (Å²) >= 11 is 7.38. The van der Waals surface area contributed by atoms with Gasteiger partial charge in [0.25, 0.3) is 0 Å². The van der Waals surface area contributed by atoms with Crippen molar-refractivity contribution in [3.63, 3.8) is 0 Å². The van der Waals surface area contributed by atoms with Crippen LogP contribution in [0, 0.1) is 0 Å². The number of nitrogens with zero attached hydrogens (tertiary/aromatic N) is 5. The molecular formula is C17H14ClN5O2S. The summed E-state index contributed by atoms with van der Waals surface area (Å²) in [6.45, 7) is 2.76. The van der Waals surface area contributed by atoms with Gasteiger partial charge in [-0.1, -0.05) is 23.4 Å². The molecule has 0 unspecified atom stereocenters. The van der Waals surface area contributed by atoms with Gasteiger partial charge in [0.1, 0.15) is 0 Å². The normalized spacial score (nSPS) is 11.2. The first-order valence-corrected chi connectivity index (χ1v) is 9.29. The molecule has 132 valence electrons. The molecule has 0 saturated carbocycles. The van der Waals surface area contributed by atoms with Crippen molar-refractivity contribution in [3.05, 3.63) is 53.6 Å². The minimum Gasteiger partial charge on any atom is -0.461 e. The first kappa shape index (κ1) is 16.9. The number of furan rings is 1. The molecule has 4 aromatic rings. The van der Waals surface area contributed by atoms with Crippen LogP contribution in [0.25, 0.3) is 23.0 Å². The third-order valence-corrected chi connectivity index (χ3v) is 4.86. The molecule has 0 fully saturated rings. The zero-order valence-electron chi connectivity index (χ0n) is 13.8. The van der Waals surface area contributed by atoms with Crippen LogP contribution < -0.4 is 0 Å². The largest absolute Gasteiger partial charge is 0.461 e. The topological polar surface area (TPSA) is 82.8 Å². The maximum Gasteiger partial charge on any atom is 0.247 e. The molecule has 0 N–H and O–H groups in total. The van der Waals surface area contributed by atoms with Crippen LogP contribution in [0.4, 0.5) is 0 Å². The summed E-state index contributed by atoms with van der Waals surface area (Å²) in [7, 11) is 0. The van der Waals surface area contributed by atoms with E-state index in [-0.39, 0.29) is 0 Å². The van der Waals surface area contributed by atoms with E-state index >= 15 is 0 Å². The van der Waals surface area contributed by atoms with E-state index in [1.165, 1.54) is 11.8 Å². The minimum absolute atomic E-state index is 0.463. The molecule has 0 amide bonds. The van der Waals surface area contributed by atoms with Crippen molar-refractivity contribution in [1.29, 1.82) is 0 Å². The molecule has 0 bridgehead atoms. The van der Waals surface area contributed by atoms with Crippen LogP contribution in [-0.4, -0.2) is 25.0 Å². The average molecular weight is 388 g/mol.